The summed E-state index contributed by atoms with van der Waals surface area (Å²) in [6, 6.07) is 19.7. The molecule has 1 aliphatic carbocycles. The first kappa shape index (κ1) is 21.6. The minimum Gasteiger partial charge on any atom is -0.493 e. The number of pyridine rings is 1. The van der Waals surface area contributed by atoms with E-state index in [2.05, 4.69) is 18.2 Å². The number of Topliss-reactive ketones (excluding diaryl/α,β-unsaturated/α-hetero) is 1. The Labute approximate surface area is 208 Å². The number of carbonyl (C=O) groups excluding carboxylic acids is 1. The van der Waals surface area contributed by atoms with E-state index in [0.29, 0.717) is 29.0 Å². The lowest BCUT2D eigenvalue weighted by Crippen LogP contribution is -2.23. The van der Waals surface area contributed by atoms with Gasteiger partial charge in [0.1, 0.15) is 11.5 Å². The van der Waals surface area contributed by atoms with Gasteiger partial charge in [0.2, 0.25) is 0 Å². The molecule has 3 nitrogen and oxygen atoms in total. The van der Waals surface area contributed by atoms with Gasteiger partial charge in [-0.15, -0.1) is 0 Å². The number of ether oxygens (including phenoxy) is 1. The first-order valence-electron chi connectivity index (χ1n) is 11.7. The van der Waals surface area contributed by atoms with E-state index < -0.39 is 0 Å². The molecule has 5 heteroatoms. The lowest BCUT2D eigenvalue weighted by molar-refractivity contribution is -0.120. The van der Waals surface area contributed by atoms with Crippen LogP contribution in [0.2, 0.25) is 10.0 Å². The number of hydrogen-bond donors (Lipinski definition) is 0. The molecule has 0 saturated heterocycles. The van der Waals surface area contributed by atoms with E-state index in [1.165, 1.54) is 5.56 Å². The molecule has 6 rings (SSSR count). The zero-order valence-electron chi connectivity index (χ0n) is 18.6. The van der Waals surface area contributed by atoms with Gasteiger partial charge >= 0.3 is 0 Å². The molecule has 0 amide bonds. The summed E-state index contributed by atoms with van der Waals surface area (Å²) in [4.78, 5) is 18.4. The molecular weight excluding hydrogens is 465 g/mol. The van der Waals surface area contributed by atoms with Crippen molar-refractivity contribution in [3.05, 3.63) is 93.6 Å². The molecular formula is C29H23Cl2NO2. The normalized spacial score (nSPS) is 17.3. The molecule has 0 unspecified atom stereocenters. The average molecular weight is 488 g/mol. The van der Waals surface area contributed by atoms with Crippen LogP contribution in [0.4, 0.5) is 0 Å². The number of rotatable bonds is 5. The maximum atomic E-state index is 13.5. The number of fused-ring (bicyclic) bond motifs is 2. The summed E-state index contributed by atoms with van der Waals surface area (Å²) in [5.74, 6) is 1.41. The molecule has 170 valence electrons. The van der Waals surface area contributed by atoms with Crippen LogP contribution in [-0.4, -0.2) is 17.4 Å². The molecule has 1 aromatic heterocycles. The molecule has 0 N–H and O–H groups in total. The van der Waals surface area contributed by atoms with E-state index in [1.54, 1.807) is 6.07 Å². The van der Waals surface area contributed by atoms with Gasteiger partial charge in [-0.25, -0.2) is 0 Å². The number of para-hydroxylation sites is 2. The molecule has 0 bridgehead atoms. The highest BCUT2D eigenvalue weighted by atomic mass is 35.5. The molecule has 0 spiro atoms. The van der Waals surface area contributed by atoms with Crippen molar-refractivity contribution in [3.8, 4) is 16.9 Å². The summed E-state index contributed by atoms with van der Waals surface area (Å²) >= 11 is 12.6. The number of ketones is 1. The number of benzene rings is 3. The number of aromatic nitrogens is 1. The smallest absolute Gasteiger partial charge is 0.145 e. The number of nitrogens with zero attached hydrogens (tertiary/aromatic N) is 1. The van der Waals surface area contributed by atoms with Crippen molar-refractivity contribution in [1.82, 2.24) is 4.98 Å². The van der Waals surface area contributed by atoms with Crippen LogP contribution in [0.3, 0.4) is 0 Å². The third-order valence-electron chi connectivity index (χ3n) is 6.89. The fourth-order valence-electron chi connectivity index (χ4n) is 5.21. The van der Waals surface area contributed by atoms with E-state index in [4.69, 9.17) is 32.9 Å². The van der Waals surface area contributed by atoms with Crippen LogP contribution in [-0.2, 0) is 11.2 Å². The predicted molar refractivity (Wildman–Crippen MR) is 137 cm³/mol. The SMILES string of the molecule is O=C(Cc1cnc2c(-c3cc(Cl)cc(Cl)c3)cccc2c1C1CC1)[C@H]1CCOc2ccccc21. The number of hydrogen-bond acceptors (Lipinski definition) is 3. The molecule has 1 fully saturated rings. The van der Waals surface area contributed by atoms with E-state index in [9.17, 15) is 4.79 Å². The number of halogens is 2. The van der Waals surface area contributed by atoms with Gasteiger partial charge in [0, 0.05) is 45.1 Å². The largest absolute Gasteiger partial charge is 0.493 e. The lowest BCUT2D eigenvalue weighted by Gasteiger charge is -2.25. The molecule has 2 aliphatic rings. The van der Waals surface area contributed by atoms with Gasteiger partial charge in [-0.1, -0.05) is 59.6 Å². The summed E-state index contributed by atoms with van der Waals surface area (Å²) in [5, 5.41) is 2.32. The van der Waals surface area contributed by atoms with Crippen molar-refractivity contribution in [2.45, 2.75) is 37.5 Å². The minimum atomic E-state index is -0.132. The number of carbonyl (C=O) groups is 1. The summed E-state index contributed by atoms with van der Waals surface area (Å²) in [6.45, 7) is 0.574. The molecule has 3 aromatic carbocycles. The van der Waals surface area contributed by atoms with Crippen molar-refractivity contribution in [2.75, 3.05) is 6.61 Å². The molecule has 1 atom stereocenters. The highest BCUT2D eigenvalue weighted by Crippen LogP contribution is 2.46. The van der Waals surface area contributed by atoms with Gasteiger partial charge in [0.15, 0.2) is 0 Å². The van der Waals surface area contributed by atoms with Crippen LogP contribution in [0.15, 0.2) is 66.9 Å². The maximum absolute atomic E-state index is 13.5. The molecule has 34 heavy (non-hydrogen) atoms. The highest BCUT2D eigenvalue weighted by Gasteiger charge is 2.32. The van der Waals surface area contributed by atoms with Gasteiger partial charge in [-0.05, 0) is 66.1 Å². The van der Waals surface area contributed by atoms with Crippen LogP contribution < -0.4 is 4.74 Å². The fraction of sp³-hybridized carbons (Fsp3) is 0.241. The second-order valence-corrected chi connectivity index (χ2v) is 10.1. The Bertz CT molecular complexity index is 1410. The second-order valence-electron chi connectivity index (χ2n) is 9.20. The van der Waals surface area contributed by atoms with Gasteiger partial charge in [0.05, 0.1) is 12.1 Å². The average Bonchev–Trinajstić information content (AvgIpc) is 3.67. The van der Waals surface area contributed by atoms with Crippen molar-refractivity contribution < 1.29 is 9.53 Å². The van der Waals surface area contributed by atoms with Crippen LogP contribution in [0, 0.1) is 0 Å². The van der Waals surface area contributed by atoms with Crippen molar-refractivity contribution in [2.24, 2.45) is 0 Å². The van der Waals surface area contributed by atoms with Crippen molar-refractivity contribution in [3.63, 3.8) is 0 Å². The molecule has 4 aromatic rings. The van der Waals surface area contributed by atoms with Crippen LogP contribution in [0.1, 0.15) is 47.8 Å². The van der Waals surface area contributed by atoms with Gasteiger partial charge < -0.3 is 4.74 Å². The summed E-state index contributed by atoms with van der Waals surface area (Å²) < 4.78 is 5.77. The van der Waals surface area contributed by atoms with Crippen LogP contribution in [0.5, 0.6) is 5.75 Å². The highest BCUT2D eigenvalue weighted by molar-refractivity contribution is 6.35. The summed E-state index contributed by atoms with van der Waals surface area (Å²) in [5.41, 5.74) is 6.19. The Hall–Kier alpha value is -2.88. The zero-order valence-corrected chi connectivity index (χ0v) is 20.1. The Kier molecular flexibility index (Phi) is 5.55. The lowest BCUT2D eigenvalue weighted by atomic mass is 9.85. The summed E-state index contributed by atoms with van der Waals surface area (Å²) in [7, 11) is 0. The first-order valence-corrected chi connectivity index (χ1v) is 12.5. The first-order chi connectivity index (χ1) is 16.6. The fourth-order valence-corrected chi connectivity index (χ4v) is 5.74. The van der Waals surface area contributed by atoms with Gasteiger partial charge in [-0.3, -0.25) is 9.78 Å². The van der Waals surface area contributed by atoms with Gasteiger partial charge in [0.25, 0.3) is 0 Å². The van der Waals surface area contributed by atoms with Crippen molar-refractivity contribution >= 4 is 39.9 Å². The van der Waals surface area contributed by atoms with Gasteiger partial charge in [-0.2, -0.15) is 0 Å². The standard InChI is InChI=1S/C29H23Cl2NO2/c30-20-12-18(13-21(31)15-20)22-5-3-6-25-28(17-8-9-17)19(16-32-29(22)25)14-26(33)23-10-11-34-27-7-2-1-4-24(23)27/h1-7,12-13,15-17,23H,8-11,14H2/t23-/m0/s1. The van der Waals surface area contributed by atoms with E-state index in [1.807, 2.05) is 42.6 Å². The van der Waals surface area contributed by atoms with E-state index in [-0.39, 0.29) is 11.7 Å². The monoisotopic (exact) mass is 487 g/mol. The van der Waals surface area contributed by atoms with Crippen LogP contribution >= 0.6 is 23.2 Å². The molecule has 1 aliphatic heterocycles. The topological polar surface area (TPSA) is 39.2 Å². The second kappa shape index (κ2) is 8.72. The Morgan fingerprint density at radius 1 is 0.971 bits per heavy atom. The Morgan fingerprint density at radius 3 is 2.56 bits per heavy atom. The third-order valence-corrected chi connectivity index (χ3v) is 7.33. The Morgan fingerprint density at radius 2 is 1.76 bits per heavy atom. The van der Waals surface area contributed by atoms with E-state index >= 15 is 0 Å². The maximum Gasteiger partial charge on any atom is 0.145 e. The quantitative estimate of drug-likeness (QED) is 0.288. The zero-order chi connectivity index (χ0) is 23.2. The van der Waals surface area contributed by atoms with Crippen LogP contribution in [0.25, 0.3) is 22.0 Å². The Balaban J connectivity index is 1.41. The molecule has 2 heterocycles. The van der Waals surface area contributed by atoms with Crippen molar-refractivity contribution in [1.29, 1.82) is 0 Å². The minimum absolute atomic E-state index is 0.132. The molecule has 1 saturated carbocycles. The predicted octanol–water partition coefficient (Wildman–Crippen LogP) is 7.76. The van der Waals surface area contributed by atoms with E-state index in [0.717, 1.165) is 58.2 Å². The third kappa shape index (κ3) is 3.97. The molecule has 0 radical (unpaired) electrons. The summed E-state index contributed by atoms with van der Waals surface area (Å²) in [6.07, 6.45) is 5.31.